The first-order valence-electron chi connectivity index (χ1n) is 8.60. The van der Waals surface area contributed by atoms with E-state index in [4.69, 9.17) is 17.3 Å². The molecule has 0 aliphatic carbocycles. The Morgan fingerprint density at radius 3 is 2.93 bits per heavy atom. The van der Waals surface area contributed by atoms with Crippen molar-refractivity contribution in [3.05, 3.63) is 58.5 Å². The predicted octanol–water partition coefficient (Wildman–Crippen LogP) is 1.62. The molecule has 0 saturated carbocycles. The number of aliphatic hydroxyl groups excluding tert-OH is 1. The van der Waals surface area contributed by atoms with E-state index in [-0.39, 0.29) is 12.5 Å². The molecule has 0 bridgehead atoms. The molecule has 0 fully saturated rings. The summed E-state index contributed by atoms with van der Waals surface area (Å²) in [5.74, 6) is -0.289. The summed E-state index contributed by atoms with van der Waals surface area (Å²) in [5, 5.41) is 14.0. The van der Waals surface area contributed by atoms with Gasteiger partial charge in [-0.15, -0.1) is 0 Å². The van der Waals surface area contributed by atoms with Crippen LogP contribution in [0.4, 0.5) is 5.69 Å². The van der Waals surface area contributed by atoms with Gasteiger partial charge in [-0.05, 0) is 24.3 Å². The van der Waals surface area contributed by atoms with E-state index in [1.54, 1.807) is 35.9 Å². The van der Waals surface area contributed by atoms with Gasteiger partial charge in [0.15, 0.2) is 0 Å². The third kappa shape index (κ3) is 3.01. The third-order valence-corrected chi connectivity index (χ3v) is 5.19. The highest BCUT2D eigenvalue weighted by atomic mass is 35.5. The number of rotatable bonds is 4. The highest BCUT2D eigenvalue weighted by molar-refractivity contribution is 6.31. The molecule has 0 radical (unpaired) electrons. The van der Waals surface area contributed by atoms with Crippen LogP contribution in [0.3, 0.4) is 0 Å². The zero-order valence-corrected chi connectivity index (χ0v) is 15.7. The quantitative estimate of drug-likeness (QED) is 0.455. The van der Waals surface area contributed by atoms with E-state index >= 15 is 0 Å². The van der Waals surface area contributed by atoms with Crippen LogP contribution in [0.5, 0.6) is 0 Å². The molecule has 0 spiro atoms. The van der Waals surface area contributed by atoms with Crippen molar-refractivity contribution in [2.24, 2.45) is 12.8 Å². The van der Waals surface area contributed by atoms with Gasteiger partial charge >= 0.3 is 0 Å². The number of fused-ring (bicyclic) bond motifs is 2. The first-order chi connectivity index (χ1) is 13.4. The summed E-state index contributed by atoms with van der Waals surface area (Å²) in [6.45, 7) is 0.247. The van der Waals surface area contributed by atoms with Crippen molar-refractivity contribution in [3.8, 4) is 0 Å². The van der Waals surface area contributed by atoms with Crippen LogP contribution in [0.2, 0.25) is 5.02 Å². The minimum Gasteiger partial charge on any atom is -0.374 e. The Bertz CT molecular complexity index is 1090. The number of pyridine rings is 1. The maximum atomic E-state index is 12.9. The predicted molar refractivity (Wildman–Crippen MR) is 105 cm³/mol. The first-order valence-corrected chi connectivity index (χ1v) is 8.98. The van der Waals surface area contributed by atoms with Gasteiger partial charge in [0.05, 0.1) is 24.0 Å². The topological polar surface area (TPSA) is 113 Å². The number of nitrogens with one attached hydrogen (secondary N) is 1. The summed E-state index contributed by atoms with van der Waals surface area (Å²) < 4.78 is 1.77. The van der Waals surface area contributed by atoms with E-state index in [1.165, 1.54) is 11.1 Å². The van der Waals surface area contributed by atoms with Gasteiger partial charge in [0.25, 0.3) is 5.91 Å². The third-order valence-electron chi connectivity index (χ3n) is 4.95. The summed E-state index contributed by atoms with van der Waals surface area (Å²) in [6.07, 6.45) is 0.913. The highest BCUT2D eigenvalue weighted by Gasteiger charge is 2.32. The Morgan fingerprint density at radius 2 is 2.21 bits per heavy atom. The van der Waals surface area contributed by atoms with Gasteiger partial charge < -0.3 is 25.6 Å². The molecule has 8 nitrogen and oxygen atoms in total. The van der Waals surface area contributed by atoms with Crippen LogP contribution in [0.25, 0.3) is 10.9 Å². The number of benzene rings is 1. The molecule has 4 N–H and O–H groups in total. The maximum absolute atomic E-state index is 12.9. The zero-order chi connectivity index (χ0) is 20.0. The van der Waals surface area contributed by atoms with Crippen LogP contribution in [0.15, 0.2) is 36.5 Å². The van der Waals surface area contributed by atoms with Gasteiger partial charge in [0.2, 0.25) is 6.41 Å². The Morgan fingerprint density at radius 1 is 1.43 bits per heavy atom. The van der Waals surface area contributed by atoms with Gasteiger partial charge in [-0.25, -0.2) is 0 Å². The minimum atomic E-state index is -1.19. The lowest BCUT2D eigenvalue weighted by Crippen LogP contribution is -2.33. The van der Waals surface area contributed by atoms with Gasteiger partial charge in [0.1, 0.15) is 11.9 Å². The molecule has 2 atom stereocenters. The Hall–Kier alpha value is -2.94. The van der Waals surface area contributed by atoms with Gasteiger partial charge in [-0.2, -0.15) is 0 Å². The fourth-order valence-corrected chi connectivity index (χ4v) is 3.65. The number of nitrogens with zero attached hydrogens (tertiary/aromatic N) is 3. The molecule has 4 rings (SSSR count). The fourth-order valence-electron chi connectivity index (χ4n) is 3.49. The normalized spacial score (nSPS) is 16.9. The molecule has 1 aliphatic heterocycles. The number of carbonyl (C=O) groups excluding carboxylic acids is 2. The van der Waals surface area contributed by atoms with Crippen molar-refractivity contribution in [3.63, 3.8) is 0 Å². The van der Waals surface area contributed by atoms with Crippen molar-refractivity contribution in [2.75, 3.05) is 11.4 Å². The lowest BCUT2D eigenvalue weighted by atomic mass is 10.1. The number of aryl methyl sites for hydroxylation is 1. The summed E-state index contributed by atoms with van der Waals surface area (Å²) in [5.41, 5.74) is 8.25. The maximum Gasteiger partial charge on any atom is 0.268 e. The van der Waals surface area contributed by atoms with Crippen LogP contribution < -0.4 is 16.0 Å². The number of hydrogen-bond donors (Lipinski definition) is 3. The molecule has 2 amide bonds. The number of nitrogens with two attached hydrogens (primary N) is 1. The summed E-state index contributed by atoms with van der Waals surface area (Å²) >= 11 is 6.05. The van der Waals surface area contributed by atoms with E-state index in [2.05, 4.69) is 10.3 Å². The number of halogens is 1. The summed E-state index contributed by atoms with van der Waals surface area (Å²) in [7, 11) is 1.79. The highest BCUT2D eigenvalue weighted by Crippen LogP contribution is 2.34. The average Bonchev–Trinajstić information content (AvgIpc) is 3.19. The van der Waals surface area contributed by atoms with Crippen LogP contribution in [0.1, 0.15) is 34.0 Å². The first kappa shape index (κ1) is 18.4. The minimum absolute atomic E-state index is 0.247. The van der Waals surface area contributed by atoms with Crippen molar-refractivity contribution in [2.45, 2.75) is 12.3 Å². The zero-order valence-electron chi connectivity index (χ0n) is 15.0. The van der Waals surface area contributed by atoms with Crippen molar-refractivity contribution in [1.29, 1.82) is 0 Å². The molecule has 2 unspecified atom stereocenters. The molecule has 0 saturated heterocycles. The van der Waals surface area contributed by atoms with Crippen LogP contribution in [-0.2, 0) is 11.8 Å². The lowest BCUT2D eigenvalue weighted by molar-refractivity contribution is -0.107. The molecule has 9 heteroatoms. The van der Waals surface area contributed by atoms with Gasteiger partial charge in [-0.3, -0.25) is 14.6 Å². The van der Waals surface area contributed by atoms with E-state index in [1.807, 2.05) is 6.07 Å². The fraction of sp³-hybridized carbons (Fsp3) is 0.211. The molecule has 144 valence electrons. The Labute approximate surface area is 165 Å². The van der Waals surface area contributed by atoms with Crippen LogP contribution in [-0.4, -0.2) is 33.5 Å². The number of hydrogen-bond acceptors (Lipinski definition) is 5. The number of carbonyl (C=O) groups is 2. The Balaban J connectivity index is 1.64. The second kappa shape index (κ2) is 6.90. The summed E-state index contributed by atoms with van der Waals surface area (Å²) in [4.78, 5) is 30.1. The molecule has 1 aromatic carbocycles. The van der Waals surface area contributed by atoms with Gasteiger partial charge in [-0.1, -0.05) is 17.7 Å². The largest absolute Gasteiger partial charge is 0.374 e. The van der Waals surface area contributed by atoms with E-state index in [0.717, 1.165) is 10.9 Å². The van der Waals surface area contributed by atoms with Crippen LogP contribution in [0, 0.1) is 0 Å². The number of amides is 2. The molecular formula is C19H18ClN5O3. The SMILES string of the molecule is Cn1c(C(=O)NC2CN(C=O)c3cc(C(N)O)cnc32)cc2ccc(Cl)cc21. The lowest BCUT2D eigenvalue weighted by Gasteiger charge is -2.13. The second-order valence-electron chi connectivity index (χ2n) is 6.69. The molecule has 3 aromatic rings. The van der Waals surface area contributed by atoms with Gasteiger partial charge in [0, 0.05) is 34.7 Å². The standard InChI is InChI=1S/C19H18ClN5O3/c1-24-14-6-12(20)3-2-10(14)4-16(24)19(28)23-13-8-25(9-26)15-5-11(18(21)27)7-22-17(13)15/h2-7,9,13,18,27H,8,21H2,1H3,(H,23,28). The summed E-state index contributed by atoms with van der Waals surface area (Å²) in [6, 6.07) is 8.34. The number of anilines is 1. The molecular weight excluding hydrogens is 382 g/mol. The second-order valence-corrected chi connectivity index (χ2v) is 7.13. The number of aromatic nitrogens is 2. The van der Waals surface area contributed by atoms with Crippen molar-refractivity contribution >= 4 is 40.5 Å². The van der Waals surface area contributed by atoms with E-state index in [9.17, 15) is 14.7 Å². The van der Waals surface area contributed by atoms with E-state index in [0.29, 0.717) is 34.1 Å². The van der Waals surface area contributed by atoms with Crippen molar-refractivity contribution in [1.82, 2.24) is 14.9 Å². The smallest absolute Gasteiger partial charge is 0.268 e. The molecule has 28 heavy (non-hydrogen) atoms. The molecule has 2 aromatic heterocycles. The Kier molecular flexibility index (Phi) is 4.54. The average molecular weight is 400 g/mol. The molecule has 1 aliphatic rings. The van der Waals surface area contributed by atoms with E-state index < -0.39 is 12.3 Å². The monoisotopic (exact) mass is 399 g/mol. The number of aliphatic hydroxyl groups is 1. The molecule has 3 heterocycles. The van der Waals surface area contributed by atoms with Crippen molar-refractivity contribution < 1.29 is 14.7 Å². The van der Waals surface area contributed by atoms with Crippen LogP contribution >= 0.6 is 11.6 Å².